The highest BCUT2D eigenvalue weighted by Crippen LogP contribution is 2.34. The summed E-state index contributed by atoms with van der Waals surface area (Å²) in [5.74, 6) is 7.20. The van der Waals surface area contributed by atoms with E-state index in [-0.39, 0.29) is 5.82 Å². The molecule has 1 aromatic carbocycles. The highest BCUT2D eigenvalue weighted by Gasteiger charge is 2.27. The number of rotatable bonds is 6. The van der Waals surface area contributed by atoms with Gasteiger partial charge in [0.2, 0.25) is 0 Å². The molecular formula is C18H29FN2. The Kier molecular flexibility index (Phi) is 6.19. The van der Waals surface area contributed by atoms with Gasteiger partial charge in [0.25, 0.3) is 0 Å². The van der Waals surface area contributed by atoms with Crippen molar-refractivity contribution in [3.05, 3.63) is 35.1 Å². The third kappa shape index (κ3) is 4.52. The summed E-state index contributed by atoms with van der Waals surface area (Å²) in [7, 11) is 0. The lowest BCUT2D eigenvalue weighted by molar-refractivity contribution is 0.213. The van der Waals surface area contributed by atoms with Crippen LogP contribution in [-0.2, 0) is 6.42 Å². The predicted octanol–water partition coefficient (Wildman–Crippen LogP) is 4.12. The molecule has 0 heterocycles. The minimum Gasteiger partial charge on any atom is -0.271 e. The van der Waals surface area contributed by atoms with Gasteiger partial charge in [-0.25, -0.2) is 4.39 Å². The summed E-state index contributed by atoms with van der Waals surface area (Å²) >= 11 is 0. The van der Waals surface area contributed by atoms with Gasteiger partial charge in [0, 0.05) is 6.04 Å². The zero-order valence-corrected chi connectivity index (χ0v) is 13.4. The Labute approximate surface area is 128 Å². The molecule has 0 aromatic heterocycles. The molecule has 0 aliphatic heterocycles. The molecule has 1 fully saturated rings. The average Bonchev–Trinajstić information content (AvgIpc) is 2.48. The minimum atomic E-state index is -0.159. The van der Waals surface area contributed by atoms with Gasteiger partial charge in [-0.3, -0.25) is 11.3 Å². The smallest absolute Gasteiger partial charge is 0.123 e. The van der Waals surface area contributed by atoms with Gasteiger partial charge in [-0.05, 0) is 61.3 Å². The minimum absolute atomic E-state index is 0.159. The van der Waals surface area contributed by atoms with E-state index in [0.717, 1.165) is 17.9 Å². The Morgan fingerprint density at radius 2 is 2.00 bits per heavy atom. The Morgan fingerprint density at radius 3 is 2.57 bits per heavy atom. The van der Waals surface area contributed by atoms with Crippen molar-refractivity contribution in [1.82, 2.24) is 5.43 Å². The van der Waals surface area contributed by atoms with E-state index < -0.39 is 0 Å². The fourth-order valence-corrected chi connectivity index (χ4v) is 3.77. The summed E-state index contributed by atoms with van der Waals surface area (Å²) in [6.45, 7) is 4.25. The molecule has 1 unspecified atom stereocenters. The first-order valence-electron chi connectivity index (χ1n) is 8.35. The zero-order valence-electron chi connectivity index (χ0n) is 13.4. The first-order chi connectivity index (χ1) is 10.1. The zero-order chi connectivity index (χ0) is 15.2. The normalized spacial score (nSPS) is 24.0. The predicted molar refractivity (Wildman–Crippen MR) is 86.3 cm³/mol. The number of hydrogen-bond donors (Lipinski definition) is 2. The molecular weight excluding hydrogens is 263 g/mol. The van der Waals surface area contributed by atoms with Crippen molar-refractivity contribution in [3.8, 4) is 0 Å². The first-order valence-corrected chi connectivity index (χ1v) is 8.35. The van der Waals surface area contributed by atoms with Crippen LogP contribution in [0.2, 0.25) is 0 Å². The molecule has 1 aliphatic rings. The molecule has 1 aromatic rings. The van der Waals surface area contributed by atoms with E-state index in [1.165, 1.54) is 44.1 Å². The quantitative estimate of drug-likeness (QED) is 0.611. The summed E-state index contributed by atoms with van der Waals surface area (Å²) in [5, 5.41) is 0. The second kappa shape index (κ2) is 7.90. The number of hydrogen-bond acceptors (Lipinski definition) is 2. The Bertz CT molecular complexity index is 439. The van der Waals surface area contributed by atoms with E-state index in [9.17, 15) is 4.39 Å². The molecule has 1 saturated carbocycles. The van der Waals surface area contributed by atoms with E-state index in [0.29, 0.717) is 12.0 Å². The van der Waals surface area contributed by atoms with Crippen LogP contribution in [0.4, 0.5) is 4.39 Å². The van der Waals surface area contributed by atoms with Gasteiger partial charge >= 0.3 is 0 Å². The number of hydrazine groups is 1. The molecule has 2 nitrogen and oxygen atoms in total. The average molecular weight is 292 g/mol. The van der Waals surface area contributed by atoms with Crippen molar-refractivity contribution in [3.63, 3.8) is 0 Å². The van der Waals surface area contributed by atoms with Gasteiger partial charge in [-0.15, -0.1) is 0 Å². The third-order valence-corrected chi connectivity index (χ3v) is 5.12. The number of nitrogens with one attached hydrogen (secondary N) is 1. The van der Waals surface area contributed by atoms with Crippen molar-refractivity contribution in [2.24, 2.45) is 17.7 Å². The largest absolute Gasteiger partial charge is 0.271 e. The monoisotopic (exact) mass is 292 g/mol. The molecule has 1 aliphatic carbocycles. The van der Waals surface area contributed by atoms with Gasteiger partial charge in [0.1, 0.15) is 5.82 Å². The van der Waals surface area contributed by atoms with Gasteiger partial charge in [-0.2, -0.15) is 0 Å². The van der Waals surface area contributed by atoms with Crippen LogP contribution in [0.25, 0.3) is 0 Å². The third-order valence-electron chi connectivity index (χ3n) is 5.12. The van der Waals surface area contributed by atoms with E-state index >= 15 is 0 Å². The molecule has 0 radical (unpaired) electrons. The first kappa shape index (κ1) is 16.4. The number of halogens is 1. The maximum atomic E-state index is 13.2. The van der Waals surface area contributed by atoms with Gasteiger partial charge < -0.3 is 0 Å². The van der Waals surface area contributed by atoms with Crippen molar-refractivity contribution in [1.29, 1.82) is 0 Å². The van der Waals surface area contributed by atoms with Crippen LogP contribution in [0, 0.1) is 24.6 Å². The van der Waals surface area contributed by atoms with Crippen LogP contribution in [-0.4, -0.2) is 6.04 Å². The van der Waals surface area contributed by atoms with Crippen LogP contribution in [0.3, 0.4) is 0 Å². The topological polar surface area (TPSA) is 38.0 Å². The lowest BCUT2D eigenvalue weighted by atomic mass is 9.76. The van der Waals surface area contributed by atoms with Crippen LogP contribution in [0.1, 0.15) is 56.6 Å². The molecule has 2 rings (SSSR count). The maximum Gasteiger partial charge on any atom is 0.123 e. The van der Waals surface area contributed by atoms with Gasteiger partial charge in [-0.1, -0.05) is 38.7 Å². The summed E-state index contributed by atoms with van der Waals surface area (Å²) in [5.41, 5.74) is 5.24. The fourth-order valence-electron chi connectivity index (χ4n) is 3.77. The van der Waals surface area contributed by atoms with Crippen LogP contribution in [0.5, 0.6) is 0 Å². The Balaban J connectivity index is 1.94. The molecule has 0 spiro atoms. The number of aryl methyl sites for hydroxylation is 1. The van der Waals surface area contributed by atoms with E-state index in [1.54, 1.807) is 12.1 Å². The van der Waals surface area contributed by atoms with E-state index in [4.69, 9.17) is 5.84 Å². The lowest BCUT2D eigenvalue weighted by Gasteiger charge is -2.34. The molecule has 118 valence electrons. The van der Waals surface area contributed by atoms with Gasteiger partial charge in [0.15, 0.2) is 0 Å². The van der Waals surface area contributed by atoms with E-state index in [1.807, 2.05) is 13.0 Å². The Hall–Kier alpha value is -0.930. The van der Waals surface area contributed by atoms with Crippen molar-refractivity contribution < 1.29 is 4.39 Å². The number of nitrogens with two attached hydrogens (primary N) is 1. The van der Waals surface area contributed by atoms with Crippen molar-refractivity contribution >= 4 is 0 Å². The molecule has 3 N–H and O–H groups in total. The highest BCUT2D eigenvalue weighted by molar-refractivity contribution is 5.27. The van der Waals surface area contributed by atoms with Crippen molar-refractivity contribution in [2.75, 3.05) is 0 Å². The fraction of sp³-hybridized carbons (Fsp3) is 0.667. The summed E-state index contributed by atoms with van der Waals surface area (Å²) in [6.07, 6.45) is 8.75. The Morgan fingerprint density at radius 1 is 1.29 bits per heavy atom. The second-order valence-corrected chi connectivity index (χ2v) is 6.62. The van der Waals surface area contributed by atoms with Gasteiger partial charge in [0.05, 0.1) is 0 Å². The SMILES string of the molecule is CCCC1CCC(C(Cc2ccc(F)cc2C)NN)CC1. The molecule has 0 saturated heterocycles. The van der Waals surface area contributed by atoms with E-state index in [2.05, 4.69) is 12.3 Å². The van der Waals surface area contributed by atoms with Crippen LogP contribution in [0.15, 0.2) is 18.2 Å². The van der Waals surface area contributed by atoms with Crippen LogP contribution >= 0.6 is 0 Å². The summed E-state index contributed by atoms with van der Waals surface area (Å²) in [4.78, 5) is 0. The summed E-state index contributed by atoms with van der Waals surface area (Å²) < 4.78 is 13.2. The standard InChI is InChI=1S/C18H29FN2/c1-3-4-14-5-7-15(8-6-14)18(21-20)12-16-9-10-17(19)11-13(16)2/h9-11,14-15,18,21H,3-8,12,20H2,1-2H3. The highest BCUT2D eigenvalue weighted by atomic mass is 19.1. The molecule has 0 amide bonds. The molecule has 1 atom stereocenters. The maximum absolute atomic E-state index is 13.2. The second-order valence-electron chi connectivity index (χ2n) is 6.62. The lowest BCUT2D eigenvalue weighted by Crippen LogP contribution is -2.43. The van der Waals surface area contributed by atoms with Crippen molar-refractivity contribution in [2.45, 2.75) is 64.8 Å². The summed E-state index contributed by atoms with van der Waals surface area (Å²) in [6, 6.07) is 5.36. The number of benzene rings is 1. The van der Waals surface area contributed by atoms with Crippen LogP contribution < -0.4 is 11.3 Å². The molecule has 0 bridgehead atoms. The molecule has 21 heavy (non-hydrogen) atoms. The molecule has 3 heteroatoms.